The molecule has 0 unspecified atom stereocenters. The molecule has 0 saturated heterocycles. The van der Waals surface area contributed by atoms with Crippen LogP contribution in [0.4, 0.5) is 4.39 Å². The lowest BCUT2D eigenvalue weighted by Gasteiger charge is -2.01. The van der Waals surface area contributed by atoms with Crippen LogP contribution in [-0.2, 0) is 0 Å². The summed E-state index contributed by atoms with van der Waals surface area (Å²) in [6.07, 6.45) is 9.78. The number of nitrogens with zero attached hydrogens (tertiary/aromatic N) is 4. The van der Waals surface area contributed by atoms with E-state index in [1.165, 1.54) is 12.3 Å². The molecule has 0 amide bonds. The van der Waals surface area contributed by atoms with E-state index < -0.39 is 5.95 Å². The van der Waals surface area contributed by atoms with Gasteiger partial charge in [0.05, 0.1) is 16.4 Å². The zero-order valence-electron chi connectivity index (χ0n) is 10.6. The first kappa shape index (κ1) is 11.3. The lowest BCUT2D eigenvalue weighted by molar-refractivity contribution is 0.584. The smallest absolute Gasteiger partial charge is 0.235 e. The summed E-state index contributed by atoms with van der Waals surface area (Å²) in [5, 5.41) is 2.08. The molecule has 0 aliphatic heterocycles. The molecule has 3 aromatic rings. The fourth-order valence-electron chi connectivity index (χ4n) is 2.45. The summed E-state index contributed by atoms with van der Waals surface area (Å²) in [6.45, 7) is 0. The number of hydrogen-bond acceptors (Lipinski definition) is 3. The van der Waals surface area contributed by atoms with Crippen LogP contribution in [-0.4, -0.2) is 19.4 Å². The van der Waals surface area contributed by atoms with Crippen molar-refractivity contribution >= 4 is 17.9 Å². The molecular formula is C15H11FN4. The predicted molar refractivity (Wildman–Crippen MR) is 73.6 cm³/mol. The van der Waals surface area contributed by atoms with Crippen LogP contribution in [0.25, 0.3) is 29.2 Å². The molecule has 0 fully saturated rings. The molecule has 98 valence electrons. The van der Waals surface area contributed by atoms with E-state index in [-0.39, 0.29) is 0 Å². The highest BCUT2D eigenvalue weighted by atomic mass is 19.1. The second-order valence-corrected chi connectivity index (χ2v) is 4.72. The van der Waals surface area contributed by atoms with Gasteiger partial charge in [-0.2, -0.15) is 4.39 Å². The largest absolute Gasteiger partial charge is 0.284 e. The van der Waals surface area contributed by atoms with Gasteiger partial charge in [-0.15, -0.1) is 0 Å². The minimum atomic E-state index is -0.490. The number of fused-ring (bicyclic) bond motifs is 3. The normalized spacial score (nSPS) is 13.7. The second kappa shape index (κ2) is 4.23. The average molecular weight is 266 g/mol. The molecule has 0 spiro atoms. The first-order chi connectivity index (χ1) is 9.81. The lowest BCUT2D eigenvalue weighted by Crippen LogP contribution is -2.28. The Hall–Kier alpha value is -2.56. The molecule has 3 aromatic heterocycles. The van der Waals surface area contributed by atoms with Crippen LogP contribution in [0.15, 0.2) is 30.6 Å². The highest BCUT2D eigenvalue weighted by Crippen LogP contribution is 2.15. The summed E-state index contributed by atoms with van der Waals surface area (Å²) < 4.78 is 14.8. The van der Waals surface area contributed by atoms with Crippen molar-refractivity contribution in [2.75, 3.05) is 0 Å². The molecule has 0 radical (unpaired) electrons. The maximum absolute atomic E-state index is 12.9. The van der Waals surface area contributed by atoms with Crippen molar-refractivity contribution in [3.8, 4) is 11.3 Å². The van der Waals surface area contributed by atoms with Crippen molar-refractivity contribution in [1.82, 2.24) is 19.4 Å². The molecule has 3 heterocycles. The minimum absolute atomic E-state index is 0.490. The molecule has 1 aliphatic rings. The van der Waals surface area contributed by atoms with E-state index in [2.05, 4.69) is 27.1 Å². The number of pyridine rings is 1. The Balaban J connectivity index is 1.94. The van der Waals surface area contributed by atoms with Crippen molar-refractivity contribution < 1.29 is 4.39 Å². The molecule has 20 heavy (non-hydrogen) atoms. The third-order valence-corrected chi connectivity index (χ3v) is 3.43. The minimum Gasteiger partial charge on any atom is -0.284 e. The van der Waals surface area contributed by atoms with Gasteiger partial charge in [0.15, 0.2) is 0 Å². The highest BCUT2D eigenvalue weighted by molar-refractivity contribution is 5.59. The molecule has 0 N–H and O–H groups in total. The van der Waals surface area contributed by atoms with Crippen LogP contribution in [0.2, 0.25) is 0 Å². The zero-order valence-corrected chi connectivity index (χ0v) is 10.6. The number of halogens is 1. The number of hydrogen-bond donors (Lipinski definition) is 0. The summed E-state index contributed by atoms with van der Waals surface area (Å²) >= 11 is 0. The topological polar surface area (TPSA) is 43.1 Å². The van der Waals surface area contributed by atoms with Gasteiger partial charge in [0, 0.05) is 18.0 Å². The van der Waals surface area contributed by atoms with Gasteiger partial charge >= 0.3 is 0 Å². The SMILES string of the molecule is Fc1ccc(-c2ccn3c4c(nc3n2)=CCCC=4)cn1. The van der Waals surface area contributed by atoms with Crippen LogP contribution in [0, 0.1) is 5.95 Å². The Morgan fingerprint density at radius 3 is 2.80 bits per heavy atom. The Labute approximate surface area is 114 Å². The van der Waals surface area contributed by atoms with E-state index in [9.17, 15) is 4.39 Å². The van der Waals surface area contributed by atoms with Crippen LogP contribution in [0.3, 0.4) is 0 Å². The van der Waals surface area contributed by atoms with E-state index >= 15 is 0 Å². The maximum atomic E-state index is 12.9. The molecule has 5 heteroatoms. The van der Waals surface area contributed by atoms with Crippen LogP contribution in [0.1, 0.15) is 12.8 Å². The van der Waals surface area contributed by atoms with Gasteiger partial charge in [-0.25, -0.2) is 15.0 Å². The lowest BCUT2D eigenvalue weighted by atomic mass is 10.2. The molecule has 0 aromatic carbocycles. The Kier molecular flexibility index (Phi) is 2.39. The van der Waals surface area contributed by atoms with E-state index in [0.717, 1.165) is 34.8 Å². The van der Waals surface area contributed by atoms with E-state index in [0.29, 0.717) is 5.78 Å². The van der Waals surface area contributed by atoms with Crippen molar-refractivity contribution in [1.29, 1.82) is 0 Å². The Bertz CT molecular complexity index is 909. The van der Waals surface area contributed by atoms with Crippen molar-refractivity contribution in [2.24, 2.45) is 0 Å². The van der Waals surface area contributed by atoms with Gasteiger partial charge in [0.2, 0.25) is 11.7 Å². The van der Waals surface area contributed by atoms with Gasteiger partial charge in [-0.1, -0.05) is 12.2 Å². The Morgan fingerprint density at radius 1 is 1.05 bits per heavy atom. The number of aromatic nitrogens is 4. The molecule has 0 saturated carbocycles. The summed E-state index contributed by atoms with van der Waals surface area (Å²) in [5.41, 5.74) is 1.52. The first-order valence-corrected chi connectivity index (χ1v) is 6.49. The fourth-order valence-corrected chi connectivity index (χ4v) is 2.45. The maximum Gasteiger partial charge on any atom is 0.235 e. The van der Waals surface area contributed by atoms with Gasteiger partial charge in [-0.3, -0.25) is 4.40 Å². The number of imidazole rings is 1. The Morgan fingerprint density at radius 2 is 1.95 bits per heavy atom. The fraction of sp³-hybridized carbons (Fsp3) is 0.133. The predicted octanol–water partition coefficient (Wildman–Crippen LogP) is 1.29. The molecule has 4 nitrogen and oxygen atoms in total. The summed E-state index contributed by atoms with van der Waals surface area (Å²) in [5.74, 6) is 0.168. The first-order valence-electron chi connectivity index (χ1n) is 6.49. The van der Waals surface area contributed by atoms with Gasteiger partial charge in [0.25, 0.3) is 0 Å². The van der Waals surface area contributed by atoms with Gasteiger partial charge < -0.3 is 0 Å². The van der Waals surface area contributed by atoms with Gasteiger partial charge in [0.1, 0.15) is 0 Å². The highest BCUT2D eigenvalue weighted by Gasteiger charge is 2.07. The molecule has 1 aliphatic carbocycles. The third-order valence-electron chi connectivity index (χ3n) is 3.43. The molecule has 4 rings (SSSR count). The standard InChI is InChI=1S/C15H11FN4/c16-14-6-5-10(9-17-14)11-7-8-20-13-4-2-1-3-12(13)19-15(20)18-11/h3-9H,1-2H2. The zero-order chi connectivity index (χ0) is 13.5. The summed E-state index contributed by atoms with van der Waals surface area (Å²) in [7, 11) is 0. The van der Waals surface area contributed by atoms with E-state index in [1.807, 2.05) is 16.7 Å². The van der Waals surface area contributed by atoms with Crippen molar-refractivity contribution in [3.05, 3.63) is 47.2 Å². The summed E-state index contributed by atoms with van der Waals surface area (Å²) in [6, 6.07) is 4.90. The molecular weight excluding hydrogens is 255 g/mol. The quantitative estimate of drug-likeness (QED) is 0.623. The van der Waals surface area contributed by atoms with Crippen molar-refractivity contribution in [3.63, 3.8) is 0 Å². The second-order valence-electron chi connectivity index (χ2n) is 4.72. The monoisotopic (exact) mass is 266 g/mol. The van der Waals surface area contributed by atoms with Crippen molar-refractivity contribution in [2.45, 2.75) is 12.8 Å². The van der Waals surface area contributed by atoms with E-state index in [4.69, 9.17) is 0 Å². The number of rotatable bonds is 1. The summed E-state index contributed by atoms with van der Waals surface area (Å²) in [4.78, 5) is 12.7. The van der Waals surface area contributed by atoms with Crippen LogP contribution < -0.4 is 10.7 Å². The van der Waals surface area contributed by atoms with Gasteiger partial charge in [-0.05, 0) is 31.0 Å². The molecule has 0 bridgehead atoms. The third kappa shape index (κ3) is 1.71. The average Bonchev–Trinajstić information content (AvgIpc) is 2.85. The van der Waals surface area contributed by atoms with E-state index in [1.54, 1.807) is 6.07 Å². The van der Waals surface area contributed by atoms with Crippen LogP contribution >= 0.6 is 0 Å². The molecule has 0 atom stereocenters. The van der Waals surface area contributed by atoms with Crippen LogP contribution in [0.5, 0.6) is 0 Å².